The molecule has 0 spiro atoms. The molecule has 1 aliphatic carbocycles. The van der Waals surface area contributed by atoms with E-state index < -0.39 is 23.5 Å². The van der Waals surface area contributed by atoms with Gasteiger partial charge in [-0.3, -0.25) is 9.59 Å². The Balaban J connectivity index is 0.00000225. The molecule has 1 aromatic carbocycles. The fourth-order valence-electron chi connectivity index (χ4n) is 4.20. The van der Waals surface area contributed by atoms with Crippen LogP contribution in [0.4, 0.5) is 15.8 Å². The van der Waals surface area contributed by atoms with Crippen LogP contribution in [-0.4, -0.2) is 48.6 Å². The maximum Gasteiger partial charge on any atom is 0.316 e. The third kappa shape index (κ3) is 3.67. The Morgan fingerprint density at radius 2 is 1.93 bits per heavy atom. The fourth-order valence-corrected chi connectivity index (χ4v) is 4.62. The predicted octanol–water partition coefficient (Wildman–Crippen LogP) is 3.08. The van der Waals surface area contributed by atoms with Gasteiger partial charge in [0.25, 0.3) is 0 Å². The number of hydrogen-bond acceptors (Lipinski definition) is 5. The van der Waals surface area contributed by atoms with Crippen LogP contribution in [-0.2, 0) is 4.79 Å². The number of nitrogens with zero attached hydrogens (tertiary/aromatic N) is 2. The van der Waals surface area contributed by atoms with E-state index in [9.17, 15) is 14.7 Å². The monoisotopic (exact) mass is 431 g/mol. The SMILES string of the molecule is Cl.N[C@@H]1CCCCN(c2c(F)cc3c(c2Cl)N(C2CC2)CC(C(=O)O)C3=O)C1. The van der Waals surface area contributed by atoms with Crippen molar-refractivity contribution >= 4 is 47.1 Å². The van der Waals surface area contributed by atoms with Crippen molar-refractivity contribution < 1.29 is 19.1 Å². The molecular weight excluding hydrogens is 408 g/mol. The number of carboxylic acid groups (broad SMARTS) is 1. The zero-order valence-corrected chi connectivity index (χ0v) is 16.9. The highest BCUT2D eigenvalue weighted by molar-refractivity contribution is 6.37. The van der Waals surface area contributed by atoms with Crippen LogP contribution in [0.5, 0.6) is 0 Å². The summed E-state index contributed by atoms with van der Waals surface area (Å²) in [4.78, 5) is 28.0. The van der Waals surface area contributed by atoms with Crippen molar-refractivity contribution in [2.24, 2.45) is 11.7 Å². The highest BCUT2D eigenvalue weighted by Crippen LogP contribution is 2.47. The molecule has 0 bridgehead atoms. The Labute approximate surface area is 174 Å². The van der Waals surface area contributed by atoms with Gasteiger partial charge in [0.2, 0.25) is 0 Å². The molecule has 6 nitrogen and oxygen atoms in total. The molecule has 28 heavy (non-hydrogen) atoms. The van der Waals surface area contributed by atoms with Crippen LogP contribution in [0.25, 0.3) is 0 Å². The summed E-state index contributed by atoms with van der Waals surface area (Å²) in [5, 5.41) is 9.61. The lowest BCUT2D eigenvalue weighted by Gasteiger charge is -2.36. The maximum absolute atomic E-state index is 15.0. The van der Waals surface area contributed by atoms with E-state index in [0.717, 1.165) is 32.1 Å². The summed E-state index contributed by atoms with van der Waals surface area (Å²) in [6.07, 6.45) is 4.59. The van der Waals surface area contributed by atoms with E-state index in [1.807, 2.05) is 9.80 Å². The number of aliphatic carboxylic acids is 1. The molecule has 9 heteroatoms. The van der Waals surface area contributed by atoms with Gasteiger partial charge in [-0.2, -0.15) is 0 Å². The number of hydrogen-bond donors (Lipinski definition) is 2. The Kier molecular flexibility index (Phi) is 6.08. The minimum atomic E-state index is -1.19. The number of carbonyl (C=O) groups is 2. The summed E-state index contributed by atoms with van der Waals surface area (Å²) in [6, 6.07) is 1.26. The van der Waals surface area contributed by atoms with Crippen LogP contribution >= 0.6 is 24.0 Å². The first-order valence-corrected chi connectivity index (χ1v) is 9.82. The minimum Gasteiger partial charge on any atom is -0.481 e. The molecule has 1 aromatic rings. The van der Waals surface area contributed by atoms with Crippen molar-refractivity contribution in [3.8, 4) is 0 Å². The van der Waals surface area contributed by atoms with E-state index in [-0.39, 0.29) is 47.3 Å². The zero-order valence-electron chi connectivity index (χ0n) is 15.4. The molecule has 0 amide bonds. The Bertz CT molecular complexity index is 803. The van der Waals surface area contributed by atoms with Gasteiger partial charge in [-0.1, -0.05) is 18.0 Å². The van der Waals surface area contributed by atoms with Crippen LogP contribution < -0.4 is 15.5 Å². The van der Waals surface area contributed by atoms with Crippen molar-refractivity contribution in [1.29, 1.82) is 0 Å². The van der Waals surface area contributed by atoms with Gasteiger partial charge in [0, 0.05) is 37.3 Å². The van der Waals surface area contributed by atoms with E-state index in [1.165, 1.54) is 6.07 Å². The second-order valence-electron chi connectivity index (χ2n) is 7.76. The molecule has 2 aliphatic heterocycles. The molecule has 2 fully saturated rings. The largest absolute Gasteiger partial charge is 0.481 e. The standard InChI is InChI=1S/C19H23ClFN3O3.ClH/c20-15-16-12(18(25)13(19(26)27)9-24(16)11-4-5-11)7-14(21)17(15)23-6-2-1-3-10(22)8-23;/h7,10-11,13H,1-6,8-9,22H2,(H,26,27);1H/t10-,13?;/m1./s1. The third-order valence-electron chi connectivity index (χ3n) is 5.73. The van der Waals surface area contributed by atoms with Crippen molar-refractivity contribution in [1.82, 2.24) is 0 Å². The van der Waals surface area contributed by atoms with Crippen LogP contribution in [0.3, 0.4) is 0 Å². The quantitative estimate of drug-likeness (QED) is 0.714. The van der Waals surface area contributed by atoms with Gasteiger partial charge in [-0.05, 0) is 31.7 Å². The van der Waals surface area contributed by atoms with Gasteiger partial charge in [-0.25, -0.2) is 4.39 Å². The number of Topliss-reactive ketones (excluding diaryl/α,β-unsaturated/α-hetero) is 1. The van der Waals surface area contributed by atoms with E-state index in [4.69, 9.17) is 17.3 Å². The van der Waals surface area contributed by atoms with Gasteiger partial charge in [0.15, 0.2) is 5.78 Å². The van der Waals surface area contributed by atoms with Gasteiger partial charge in [0.1, 0.15) is 11.7 Å². The van der Waals surface area contributed by atoms with Crippen LogP contribution in [0.2, 0.25) is 5.02 Å². The van der Waals surface area contributed by atoms with Gasteiger partial charge in [-0.15, -0.1) is 12.4 Å². The summed E-state index contributed by atoms with van der Waals surface area (Å²) in [6.45, 7) is 1.24. The maximum atomic E-state index is 15.0. The van der Waals surface area contributed by atoms with E-state index in [0.29, 0.717) is 18.8 Å². The fraction of sp³-hybridized carbons (Fsp3) is 0.579. The topological polar surface area (TPSA) is 86.9 Å². The van der Waals surface area contributed by atoms with Crippen molar-refractivity contribution in [3.63, 3.8) is 0 Å². The van der Waals surface area contributed by atoms with Gasteiger partial charge < -0.3 is 20.6 Å². The lowest BCUT2D eigenvalue weighted by Crippen LogP contribution is -2.44. The first kappa shape index (κ1) is 21.1. The average Bonchev–Trinajstić information content (AvgIpc) is 3.44. The van der Waals surface area contributed by atoms with Crippen molar-refractivity contribution in [2.45, 2.75) is 44.2 Å². The van der Waals surface area contributed by atoms with Crippen molar-refractivity contribution in [3.05, 3.63) is 22.5 Å². The Hall–Kier alpha value is -1.57. The Morgan fingerprint density at radius 3 is 2.57 bits per heavy atom. The number of benzene rings is 1. The molecule has 4 rings (SSSR count). The summed E-state index contributed by atoms with van der Waals surface area (Å²) in [5.74, 6) is -3.54. The number of fused-ring (bicyclic) bond motifs is 1. The number of ketones is 1. The first-order chi connectivity index (χ1) is 12.9. The molecule has 2 heterocycles. The number of carbonyl (C=O) groups excluding carboxylic acids is 1. The lowest BCUT2D eigenvalue weighted by molar-refractivity contribution is -0.139. The number of nitrogens with two attached hydrogens (primary N) is 1. The summed E-state index contributed by atoms with van der Waals surface area (Å²) in [5.41, 5.74) is 6.96. The average molecular weight is 432 g/mol. The second kappa shape index (κ2) is 8.05. The predicted molar refractivity (Wildman–Crippen MR) is 109 cm³/mol. The second-order valence-corrected chi connectivity index (χ2v) is 8.14. The lowest BCUT2D eigenvalue weighted by atomic mass is 9.90. The molecule has 2 atom stereocenters. The van der Waals surface area contributed by atoms with Crippen LogP contribution in [0, 0.1) is 11.7 Å². The van der Waals surface area contributed by atoms with Crippen LogP contribution in [0.1, 0.15) is 42.5 Å². The Morgan fingerprint density at radius 1 is 1.21 bits per heavy atom. The minimum absolute atomic E-state index is 0. The van der Waals surface area contributed by atoms with Gasteiger partial charge in [0.05, 0.1) is 16.4 Å². The molecule has 3 N–H and O–H groups in total. The molecule has 0 aromatic heterocycles. The number of rotatable bonds is 3. The summed E-state index contributed by atoms with van der Waals surface area (Å²) >= 11 is 6.66. The smallest absolute Gasteiger partial charge is 0.316 e. The highest BCUT2D eigenvalue weighted by atomic mass is 35.5. The van der Waals surface area contributed by atoms with E-state index in [2.05, 4.69) is 0 Å². The highest BCUT2D eigenvalue weighted by Gasteiger charge is 2.44. The first-order valence-electron chi connectivity index (χ1n) is 9.44. The zero-order chi connectivity index (χ0) is 19.3. The molecular formula is C19H24Cl2FN3O3. The summed E-state index contributed by atoms with van der Waals surface area (Å²) < 4.78 is 15.0. The molecule has 1 unspecified atom stereocenters. The molecule has 1 saturated carbocycles. The van der Waals surface area contributed by atoms with Gasteiger partial charge >= 0.3 is 5.97 Å². The third-order valence-corrected chi connectivity index (χ3v) is 6.08. The number of halogens is 3. The molecule has 3 aliphatic rings. The number of carboxylic acids is 1. The number of anilines is 2. The van der Waals surface area contributed by atoms with Crippen LogP contribution in [0.15, 0.2) is 6.07 Å². The summed E-state index contributed by atoms with van der Waals surface area (Å²) in [7, 11) is 0. The molecule has 0 radical (unpaired) electrons. The van der Waals surface area contributed by atoms with E-state index in [1.54, 1.807) is 0 Å². The molecule has 154 valence electrons. The molecule has 1 saturated heterocycles. The van der Waals surface area contributed by atoms with E-state index >= 15 is 4.39 Å². The normalized spacial score (nSPS) is 25.0. The van der Waals surface area contributed by atoms with Crippen molar-refractivity contribution in [2.75, 3.05) is 29.4 Å².